The molecule has 1 aliphatic rings. The van der Waals surface area contributed by atoms with Gasteiger partial charge in [0.25, 0.3) is 0 Å². The molecule has 0 bridgehead atoms. The molecule has 1 heterocycles. The van der Waals surface area contributed by atoms with E-state index in [1.807, 2.05) is 13.8 Å². The van der Waals surface area contributed by atoms with Crippen molar-refractivity contribution in [2.75, 3.05) is 0 Å². The van der Waals surface area contributed by atoms with Gasteiger partial charge in [-0.2, -0.15) is 5.10 Å². The average molecular weight is 307 g/mol. The second-order valence-electron chi connectivity index (χ2n) is 7.63. The van der Waals surface area contributed by atoms with Crippen molar-refractivity contribution in [3.05, 3.63) is 17.5 Å². The lowest BCUT2D eigenvalue weighted by molar-refractivity contribution is 0.0981. The third kappa shape index (κ3) is 4.02. The Morgan fingerprint density at radius 1 is 1.41 bits per heavy atom. The molecular formula is C17H29N3O2. The van der Waals surface area contributed by atoms with Crippen LogP contribution in [-0.2, 0) is 10.3 Å². The van der Waals surface area contributed by atoms with Crippen LogP contribution in [0.5, 0.6) is 0 Å². The smallest absolute Gasteiger partial charge is 0.407 e. The summed E-state index contributed by atoms with van der Waals surface area (Å²) in [4.78, 5) is 11.7. The number of hydrogen-bond donors (Lipinski definition) is 1. The van der Waals surface area contributed by atoms with Crippen molar-refractivity contribution in [2.24, 2.45) is 0 Å². The summed E-state index contributed by atoms with van der Waals surface area (Å²) in [7, 11) is 0. The highest BCUT2D eigenvalue weighted by atomic mass is 16.6. The minimum Gasteiger partial charge on any atom is -0.446 e. The Hall–Kier alpha value is -1.52. The molecule has 2 atom stereocenters. The van der Waals surface area contributed by atoms with Crippen molar-refractivity contribution < 1.29 is 9.53 Å². The summed E-state index contributed by atoms with van der Waals surface area (Å²) in [5.74, 6) is 0.388. The Morgan fingerprint density at radius 3 is 2.64 bits per heavy atom. The van der Waals surface area contributed by atoms with Crippen LogP contribution < -0.4 is 5.32 Å². The maximum absolute atomic E-state index is 11.7. The van der Waals surface area contributed by atoms with Crippen LogP contribution in [0.1, 0.15) is 71.2 Å². The minimum atomic E-state index is -0.308. The molecule has 1 fully saturated rings. The van der Waals surface area contributed by atoms with Crippen molar-refractivity contribution in [3.63, 3.8) is 0 Å². The lowest BCUT2D eigenvalue weighted by atomic mass is 10.0. The van der Waals surface area contributed by atoms with Crippen LogP contribution in [0.3, 0.4) is 0 Å². The van der Waals surface area contributed by atoms with E-state index in [0.29, 0.717) is 5.92 Å². The van der Waals surface area contributed by atoms with Crippen molar-refractivity contribution in [1.82, 2.24) is 15.1 Å². The first kappa shape index (κ1) is 16.8. The fraction of sp³-hybridized carbons (Fsp3) is 0.765. The van der Waals surface area contributed by atoms with E-state index >= 15 is 0 Å². The zero-order valence-electron chi connectivity index (χ0n) is 14.6. The zero-order valence-corrected chi connectivity index (χ0v) is 14.6. The standard InChI is InChI=1S/C17H29N3O2/c1-11(2)18-16(21)22-14-8-7-13(10-14)15-9-12(3)20(19-15)17(4,5)6/h9,11,13-14H,7-8,10H2,1-6H3,(H,18,21). The van der Waals surface area contributed by atoms with Gasteiger partial charge in [0.15, 0.2) is 0 Å². The SMILES string of the molecule is Cc1cc(C2CCC(OC(=O)NC(C)C)C2)nn1C(C)(C)C. The first-order chi connectivity index (χ1) is 10.2. The number of nitrogens with one attached hydrogen (secondary N) is 1. The minimum absolute atomic E-state index is 0.00356. The molecule has 2 rings (SSSR count). The van der Waals surface area contributed by atoms with Gasteiger partial charge in [0, 0.05) is 17.7 Å². The number of ether oxygens (including phenoxy) is 1. The van der Waals surface area contributed by atoms with Crippen molar-refractivity contribution >= 4 is 6.09 Å². The second kappa shape index (κ2) is 6.31. The predicted molar refractivity (Wildman–Crippen MR) is 87.1 cm³/mol. The molecule has 22 heavy (non-hydrogen) atoms. The average Bonchev–Trinajstić information content (AvgIpc) is 2.93. The summed E-state index contributed by atoms with van der Waals surface area (Å²) in [6.45, 7) is 12.4. The Morgan fingerprint density at radius 2 is 2.09 bits per heavy atom. The topological polar surface area (TPSA) is 56.1 Å². The van der Waals surface area contributed by atoms with E-state index in [2.05, 4.69) is 43.8 Å². The van der Waals surface area contributed by atoms with Crippen molar-refractivity contribution in [1.29, 1.82) is 0 Å². The van der Waals surface area contributed by atoms with Gasteiger partial charge >= 0.3 is 6.09 Å². The highest BCUT2D eigenvalue weighted by Crippen LogP contribution is 2.36. The molecule has 2 unspecified atom stereocenters. The van der Waals surface area contributed by atoms with Gasteiger partial charge in [-0.1, -0.05) is 0 Å². The second-order valence-corrected chi connectivity index (χ2v) is 7.63. The number of hydrogen-bond acceptors (Lipinski definition) is 3. The fourth-order valence-electron chi connectivity index (χ4n) is 3.11. The Labute approximate surface area is 133 Å². The van der Waals surface area contributed by atoms with Gasteiger partial charge in [0.1, 0.15) is 6.10 Å². The van der Waals surface area contributed by atoms with Crippen LogP contribution in [-0.4, -0.2) is 28.0 Å². The van der Waals surface area contributed by atoms with E-state index in [1.54, 1.807) is 0 Å². The van der Waals surface area contributed by atoms with Gasteiger partial charge in [-0.3, -0.25) is 4.68 Å². The summed E-state index contributed by atoms with van der Waals surface area (Å²) >= 11 is 0. The van der Waals surface area contributed by atoms with Crippen LogP contribution in [0.2, 0.25) is 0 Å². The third-order valence-corrected chi connectivity index (χ3v) is 4.02. The van der Waals surface area contributed by atoms with E-state index < -0.39 is 0 Å². The molecule has 0 radical (unpaired) electrons. The molecule has 124 valence electrons. The summed E-state index contributed by atoms with van der Waals surface area (Å²) < 4.78 is 7.58. The van der Waals surface area contributed by atoms with Crippen LogP contribution in [0.25, 0.3) is 0 Å². The molecule has 0 saturated heterocycles. The highest BCUT2D eigenvalue weighted by molar-refractivity contribution is 5.67. The van der Waals surface area contributed by atoms with Gasteiger partial charge in [0.2, 0.25) is 0 Å². The van der Waals surface area contributed by atoms with Crippen LogP contribution in [0.4, 0.5) is 4.79 Å². The van der Waals surface area contributed by atoms with Gasteiger partial charge in [0.05, 0.1) is 11.2 Å². The molecule has 0 spiro atoms. The summed E-state index contributed by atoms with van der Waals surface area (Å²) in [5.41, 5.74) is 2.31. The number of rotatable bonds is 3. The molecule has 0 aliphatic heterocycles. The number of nitrogens with zero attached hydrogens (tertiary/aromatic N) is 2. The predicted octanol–water partition coefficient (Wildman–Crippen LogP) is 3.72. The van der Waals surface area contributed by atoms with E-state index in [-0.39, 0.29) is 23.8 Å². The van der Waals surface area contributed by atoms with E-state index in [9.17, 15) is 4.79 Å². The quantitative estimate of drug-likeness (QED) is 0.926. The molecule has 1 saturated carbocycles. The third-order valence-electron chi connectivity index (χ3n) is 4.02. The molecule has 1 aliphatic carbocycles. The van der Waals surface area contributed by atoms with Gasteiger partial charge < -0.3 is 10.1 Å². The first-order valence-corrected chi connectivity index (χ1v) is 8.21. The monoisotopic (exact) mass is 307 g/mol. The molecule has 1 N–H and O–H groups in total. The fourth-order valence-corrected chi connectivity index (χ4v) is 3.11. The number of aryl methyl sites for hydroxylation is 1. The number of amides is 1. The van der Waals surface area contributed by atoms with E-state index in [0.717, 1.165) is 25.0 Å². The first-order valence-electron chi connectivity index (χ1n) is 8.21. The van der Waals surface area contributed by atoms with E-state index in [4.69, 9.17) is 9.84 Å². The van der Waals surface area contributed by atoms with Crippen LogP contribution in [0.15, 0.2) is 6.07 Å². The van der Waals surface area contributed by atoms with Crippen LogP contribution in [0, 0.1) is 6.92 Å². The summed E-state index contributed by atoms with van der Waals surface area (Å²) in [5, 5.41) is 7.56. The Kier molecular flexibility index (Phi) is 4.83. The molecule has 1 aromatic heterocycles. The van der Waals surface area contributed by atoms with Gasteiger partial charge in [-0.05, 0) is 66.9 Å². The van der Waals surface area contributed by atoms with Crippen molar-refractivity contribution in [3.8, 4) is 0 Å². The molecular weight excluding hydrogens is 278 g/mol. The molecule has 0 aromatic carbocycles. The number of alkyl carbamates (subject to hydrolysis) is 1. The van der Waals surface area contributed by atoms with Gasteiger partial charge in [-0.15, -0.1) is 0 Å². The summed E-state index contributed by atoms with van der Waals surface area (Å²) in [6, 6.07) is 2.28. The Bertz CT molecular complexity index is 528. The largest absolute Gasteiger partial charge is 0.446 e. The maximum atomic E-state index is 11.7. The van der Waals surface area contributed by atoms with Gasteiger partial charge in [-0.25, -0.2) is 4.79 Å². The highest BCUT2D eigenvalue weighted by Gasteiger charge is 2.31. The summed E-state index contributed by atoms with van der Waals surface area (Å²) in [6.07, 6.45) is 2.50. The normalized spacial score (nSPS) is 22.1. The zero-order chi connectivity index (χ0) is 16.5. The number of carbonyl (C=O) groups excluding carboxylic acids is 1. The lowest BCUT2D eigenvalue weighted by Gasteiger charge is -2.21. The number of aromatic nitrogens is 2. The van der Waals surface area contributed by atoms with Crippen LogP contribution >= 0.6 is 0 Å². The Balaban J connectivity index is 1.97. The van der Waals surface area contributed by atoms with E-state index in [1.165, 1.54) is 5.69 Å². The lowest BCUT2D eigenvalue weighted by Crippen LogP contribution is -2.33. The molecule has 1 aromatic rings. The molecule has 5 heteroatoms. The molecule has 1 amide bonds. The van der Waals surface area contributed by atoms with Crippen molar-refractivity contribution in [2.45, 2.75) is 84.4 Å². The number of carbonyl (C=O) groups is 1. The maximum Gasteiger partial charge on any atom is 0.407 e. The molecule has 5 nitrogen and oxygen atoms in total.